The van der Waals surface area contributed by atoms with Gasteiger partial charge in [0.25, 0.3) is 0 Å². The summed E-state index contributed by atoms with van der Waals surface area (Å²) in [6, 6.07) is 3.78. The number of alkyl halides is 1. The third kappa shape index (κ3) is 3.08. The number of halogens is 1. The molecule has 1 atom stereocenters. The molecule has 1 aromatic heterocycles. The fraction of sp³-hybridized carbons (Fsp3) is 0.545. The molecule has 1 aliphatic heterocycles. The van der Waals surface area contributed by atoms with Crippen LogP contribution in [-0.4, -0.2) is 24.3 Å². The minimum Gasteiger partial charge on any atom is -0.486 e. The van der Waals surface area contributed by atoms with Gasteiger partial charge < -0.3 is 9.47 Å². The number of rotatable bonds is 3. The summed E-state index contributed by atoms with van der Waals surface area (Å²) in [6.45, 7) is 1.53. The van der Waals surface area contributed by atoms with Crippen LogP contribution < -0.4 is 4.74 Å². The third-order valence-corrected chi connectivity index (χ3v) is 2.63. The molecule has 2 heterocycles. The maximum absolute atomic E-state index is 5.72. The Morgan fingerprint density at radius 3 is 3.07 bits per heavy atom. The molecule has 4 heteroatoms. The number of nitrogens with zero attached hydrogens (tertiary/aromatic N) is 1. The summed E-state index contributed by atoms with van der Waals surface area (Å²) in [6.07, 6.45) is 4.00. The molecule has 0 saturated carbocycles. The maximum Gasteiger partial charge on any atom is 0.138 e. The van der Waals surface area contributed by atoms with E-state index >= 15 is 0 Å². The monoisotopic (exact) mass is 227 g/mol. The van der Waals surface area contributed by atoms with Crippen molar-refractivity contribution >= 4 is 11.6 Å². The second-order valence-electron chi connectivity index (χ2n) is 3.58. The van der Waals surface area contributed by atoms with Gasteiger partial charge in [-0.1, -0.05) is 0 Å². The number of ether oxygens (including phenoxy) is 2. The number of aromatic nitrogens is 1. The van der Waals surface area contributed by atoms with E-state index in [1.165, 1.54) is 0 Å². The molecule has 0 amide bonds. The first-order chi connectivity index (χ1) is 7.38. The van der Waals surface area contributed by atoms with Crippen molar-refractivity contribution in [2.75, 3.05) is 13.2 Å². The minimum absolute atomic E-state index is 0.169. The van der Waals surface area contributed by atoms with Crippen LogP contribution in [0.15, 0.2) is 18.3 Å². The maximum atomic E-state index is 5.72. The van der Waals surface area contributed by atoms with Crippen LogP contribution in [0.1, 0.15) is 18.5 Å². The SMILES string of the molecule is ClCc1ccc(OC2CCCOC2)cn1. The van der Waals surface area contributed by atoms with E-state index in [-0.39, 0.29) is 6.10 Å². The molecule has 0 aliphatic carbocycles. The normalized spacial score (nSPS) is 21.3. The summed E-state index contributed by atoms with van der Waals surface area (Å²) in [5.74, 6) is 1.23. The van der Waals surface area contributed by atoms with Gasteiger partial charge in [-0.25, -0.2) is 0 Å². The van der Waals surface area contributed by atoms with E-state index in [1.54, 1.807) is 6.20 Å². The molecular formula is C11H14ClNO2. The van der Waals surface area contributed by atoms with E-state index in [1.807, 2.05) is 12.1 Å². The van der Waals surface area contributed by atoms with E-state index in [2.05, 4.69) is 4.98 Å². The summed E-state index contributed by atoms with van der Waals surface area (Å²) in [4.78, 5) is 4.16. The Labute approximate surface area is 94.4 Å². The second kappa shape index (κ2) is 5.33. The first-order valence-corrected chi connectivity index (χ1v) is 5.67. The zero-order valence-electron chi connectivity index (χ0n) is 8.49. The van der Waals surface area contributed by atoms with E-state index in [4.69, 9.17) is 21.1 Å². The van der Waals surface area contributed by atoms with Crippen LogP contribution in [0.5, 0.6) is 5.75 Å². The van der Waals surface area contributed by atoms with Gasteiger partial charge >= 0.3 is 0 Å². The molecule has 0 radical (unpaired) electrons. The van der Waals surface area contributed by atoms with Crippen LogP contribution in [0, 0.1) is 0 Å². The zero-order valence-corrected chi connectivity index (χ0v) is 9.24. The van der Waals surface area contributed by atoms with Gasteiger partial charge in [0.05, 0.1) is 24.4 Å². The van der Waals surface area contributed by atoms with Gasteiger partial charge in [0.1, 0.15) is 11.9 Å². The predicted molar refractivity (Wildman–Crippen MR) is 58.3 cm³/mol. The first-order valence-electron chi connectivity index (χ1n) is 5.14. The fourth-order valence-electron chi connectivity index (χ4n) is 1.56. The van der Waals surface area contributed by atoms with Crippen LogP contribution in [0.4, 0.5) is 0 Å². The van der Waals surface area contributed by atoms with Crippen molar-refractivity contribution in [1.82, 2.24) is 4.98 Å². The third-order valence-electron chi connectivity index (χ3n) is 2.36. The van der Waals surface area contributed by atoms with Crippen LogP contribution in [0.2, 0.25) is 0 Å². The summed E-state index contributed by atoms with van der Waals surface area (Å²) in [5.41, 5.74) is 0.865. The van der Waals surface area contributed by atoms with Gasteiger partial charge in [0.2, 0.25) is 0 Å². The Morgan fingerprint density at radius 1 is 1.53 bits per heavy atom. The second-order valence-corrected chi connectivity index (χ2v) is 3.84. The quantitative estimate of drug-likeness (QED) is 0.743. The standard InChI is InChI=1S/C11H14ClNO2/c12-6-9-3-4-10(7-13-9)15-11-2-1-5-14-8-11/h3-4,7,11H,1-2,5-6,8H2. The smallest absolute Gasteiger partial charge is 0.138 e. The van der Waals surface area contributed by atoms with Crippen molar-refractivity contribution in [3.05, 3.63) is 24.0 Å². The largest absolute Gasteiger partial charge is 0.486 e. The molecule has 82 valence electrons. The number of hydrogen-bond acceptors (Lipinski definition) is 3. The van der Waals surface area contributed by atoms with Crippen molar-refractivity contribution in [3.63, 3.8) is 0 Å². The highest BCUT2D eigenvalue weighted by atomic mass is 35.5. The van der Waals surface area contributed by atoms with E-state index in [9.17, 15) is 0 Å². The van der Waals surface area contributed by atoms with Crippen LogP contribution in [0.25, 0.3) is 0 Å². The molecule has 1 saturated heterocycles. The molecule has 1 aromatic rings. The van der Waals surface area contributed by atoms with Crippen molar-refractivity contribution < 1.29 is 9.47 Å². The Bertz CT molecular complexity index is 296. The van der Waals surface area contributed by atoms with Crippen molar-refractivity contribution in [3.8, 4) is 5.75 Å². The van der Waals surface area contributed by atoms with Gasteiger partial charge in [-0.15, -0.1) is 11.6 Å². The average molecular weight is 228 g/mol. The first kappa shape index (κ1) is 10.7. The van der Waals surface area contributed by atoms with Crippen LogP contribution in [-0.2, 0) is 10.6 Å². The van der Waals surface area contributed by atoms with Crippen molar-refractivity contribution in [1.29, 1.82) is 0 Å². The number of hydrogen-bond donors (Lipinski definition) is 0. The summed E-state index contributed by atoms with van der Waals surface area (Å²) < 4.78 is 11.1. The predicted octanol–water partition coefficient (Wildman–Crippen LogP) is 2.38. The minimum atomic E-state index is 0.169. The lowest BCUT2D eigenvalue weighted by atomic mass is 10.2. The van der Waals surface area contributed by atoms with E-state index in [0.29, 0.717) is 12.5 Å². The topological polar surface area (TPSA) is 31.4 Å². The molecule has 15 heavy (non-hydrogen) atoms. The Balaban J connectivity index is 1.91. The Hall–Kier alpha value is -0.800. The average Bonchev–Trinajstić information content (AvgIpc) is 2.31. The molecule has 2 rings (SSSR count). The van der Waals surface area contributed by atoms with E-state index < -0.39 is 0 Å². The molecule has 1 unspecified atom stereocenters. The van der Waals surface area contributed by atoms with Crippen molar-refractivity contribution in [2.24, 2.45) is 0 Å². The molecule has 0 spiro atoms. The van der Waals surface area contributed by atoms with Gasteiger partial charge in [-0.2, -0.15) is 0 Å². The lowest BCUT2D eigenvalue weighted by Gasteiger charge is -2.23. The molecule has 3 nitrogen and oxygen atoms in total. The van der Waals surface area contributed by atoms with Gasteiger partial charge in [0, 0.05) is 6.61 Å². The van der Waals surface area contributed by atoms with E-state index in [0.717, 1.165) is 30.9 Å². The highest BCUT2D eigenvalue weighted by molar-refractivity contribution is 6.16. The van der Waals surface area contributed by atoms with Crippen LogP contribution in [0.3, 0.4) is 0 Å². The van der Waals surface area contributed by atoms with Gasteiger partial charge in [-0.3, -0.25) is 4.98 Å². The Kier molecular flexibility index (Phi) is 3.80. The Morgan fingerprint density at radius 2 is 2.47 bits per heavy atom. The summed E-state index contributed by atoms with van der Waals surface area (Å²) in [7, 11) is 0. The highest BCUT2D eigenvalue weighted by Crippen LogP contribution is 2.16. The van der Waals surface area contributed by atoms with Gasteiger partial charge in [0.15, 0.2) is 0 Å². The highest BCUT2D eigenvalue weighted by Gasteiger charge is 2.15. The number of pyridine rings is 1. The summed E-state index contributed by atoms with van der Waals surface area (Å²) in [5, 5.41) is 0. The molecule has 1 fully saturated rings. The zero-order chi connectivity index (χ0) is 10.5. The molecule has 0 N–H and O–H groups in total. The lowest BCUT2D eigenvalue weighted by Crippen LogP contribution is -2.28. The lowest BCUT2D eigenvalue weighted by molar-refractivity contribution is 0.00727. The molecule has 1 aliphatic rings. The molecule has 0 bridgehead atoms. The van der Waals surface area contributed by atoms with Gasteiger partial charge in [-0.05, 0) is 25.0 Å². The molecular weight excluding hydrogens is 214 g/mol. The van der Waals surface area contributed by atoms with Crippen LogP contribution >= 0.6 is 11.6 Å². The van der Waals surface area contributed by atoms with Crippen molar-refractivity contribution in [2.45, 2.75) is 24.8 Å². The summed E-state index contributed by atoms with van der Waals surface area (Å²) >= 11 is 5.65. The fourth-order valence-corrected chi connectivity index (χ4v) is 1.71. The molecule has 0 aromatic carbocycles.